The van der Waals surface area contributed by atoms with Crippen LogP contribution in [0.4, 0.5) is 0 Å². The zero-order valence-corrected chi connectivity index (χ0v) is 12.8. The van der Waals surface area contributed by atoms with Crippen LogP contribution in [0.5, 0.6) is 0 Å². The van der Waals surface area contributed by atoms with E-state index in [-0.39, 0.29) is 0 Å². The number of aryl methyl sites for hydroxylation is 2. The van der Waals surface area contributed by atoms with Crippen molar-refractivity contribution >= 4 is 5.57 Å². The van der Waals surface area contributed by atoms with Crippen molar-refractivity contribution in [2.24, 2.45) is 11.8 Å². The second kappa shape index (κ2) is 4.94. The normalized spacial score (nSPS) is 20.6. The molecule has 0 bridgehead atoms. The SMILES string of the molecule is Cc1cc(C)cc(C2=CC=CC3=CC(C(C)C)=CC32)c1. The van der Waals surface area contributed by atoms with Crippen LogP contribution in [0, 0.1) is 25.7 Å². The van der Waals surface area contributed by atoms with Crippen molar-refractivity contribution in [1.82, 2.24) is 0 Å². The first-order chi connectivity index (χ1) is 9.54. The van der Waals surface area contributed by atoms with Gasteiger partial charge in [-0.15, -0.1) is 0 Å². The zero-order chi connectivity index (χ0) is 14.3. The molecule has 0 aliphatic heterocycles. The summed E-state index contributed by atoms with van der Waals surface area (Å²) >= 11 is 0. The summed E-state index contributed by atoms with van der Waals surface area (Å²) < 4.78 is 0. The van der Waals surface area contributed by atoms with E-state index in [4.69, 9.17) is 0 Å². The lowest BCUT2D eigenvalue weighted by Gasteiger charge is -2.20. The maximum atomic E-state index is 2.44. The summed E-state index contributed by atoms with van der Waals surface area (Å²) in [5.41, 5.74) is 8.38. The Labute approximate surface area is 122 Å². The monoisotopic (exact) mass is 262 g/mol. The van der Waals surface area contributed by atoms with Gasteiger partial charge in [0.1, 0.15) is 0 Å². The summed E-state index contributed by atoms with van der Waals surface area (Å²) in [6.45, 7) is 8.89. The molecule has 20 heavy (non-hydrogen) atoms. The fourth-order valence-electron chi connectivity index (χ4n) is 3.18. The summed E-state index contributed by atoms with van der Waals surface area (Å²) in [4.78, 5) is 0. The molecule has 0 saturated heterocycles. The van der Waals surface area contributed by atoms with Crippen LogP contribution < -0.4 is 0 Å². The summed E-state index contributed by atoms with van der Waals surface area (Å²) in [7, 11) is 0. The van der Waals surface area contributed by atoms with Crippen LogP contribution in [0.3, 0.4) is 0 Å². The molecule has 1 aromatic rings. The highest BCUT2D eigenvalue weighted by molar-refractivity contribution is 5.78. The molecule has 0 radical (unpaired) electrons. The lowest BCUT2D eigenvalue weighted by molar-refractivity contribution is 0.790. The van der Waals surface area contributed by atoms with Crippen molar-refractivity contribution in [2.75, 3.05) is 0 Å². The molecule has 0 saturated carbocycles. The minimum Gasteiger partial charge on any atom is -0.0691 e. The fraction of sp³-hybridized carbons (Fsp3) is 0.300. The molecule has 1 aromatic carbocycles. The van der Waals surface area contributed by atoms with E-state index >= 15 is 0 Å². The Hall–Kier alpha value is -1.82. The van der Waals surface area contributed by atoms with Gasteiger partial charge in [0.05, 0.1) is 0 Å². The van der Waals surface area contributed by atoms with Gasteiger partial charge >= 0.3 is 0 Å². The molecule has 0 fully saturated rings. The Bertz CT molecular complexity index is 643. The van der Waals surface area contributed by atoms with Gasteiger partial charge in [-0.25, -0.2) is 0 Å². The minimum absolute atomic E-state index is 0.443. The number of fused-ring (bicyclic) bond motifs is 1. The van der Waals surface area contributed by atoms with Crippen LogP contribution in [0.15, 0.2) is 59.7 Å². The van der Waals surface area contributed by atoms with Crippen LogP contribution in [0.1, 0.15) is 30.5 Å². The third-order valence-corrected chi connectivity index (χ3v) is 4.17. The number of benzene rings is 1. The minimum atomic E-state index is 0.443. The second-order valence-corrected chi connectivity index (χ2v) is 6.30. The molecule has 2 aliphatic rings. The lowest BCUT2D eigenvalue weighted by Crippen LogP contribution is -2.04. The van der Waals surface area contributed by atoms with Crippen LogP contribution >= 0.6 is 0 Å². The smallest absolute Gasteiger partial charge is 0.0281 e. The van der Waals surface area contributed by atoms with Gasteiger partial charge in [0.15, 0.2) is 0 Å². The number of hydrogen-bond acceptors (Lipinski definition) is 0. The Morgan fingerprint density at radius 1 is 1.00 bits per heavy atom. The van der Waals surface area contributed by atoms with Crippen LogP contribution in [0.2, 0.25) is 0 Å². The molecule has 0 amide bonds. The van der Waals surface area contributed by atoms with E-state index in [1.165, 1.54) is 33.4 Å². The number of allylic oxidation sites excluding steroid dienone is 8. The van der Waals surface area contributed by atoms with Crippen LogP contribution in [-0.2, 0) is 0 Å². The second-order valence-electron chi connectivity index (χ2n) is 6.30. The summed E-state index contributed by atoms with van der Waals surface area (Å²) in [5, 5.41) is 0. The lowest BCUT2D eigenvalue weighted by atomic mass is 9.84. The Kier molecular flexibility index (Phi) is 3.25. The predicted molar refractivity (Wildman–Crippen MR) is 87.5 cm³/mol. The topological polar surface area (TPSA) is 0 Å². The summed E-state index contributed by atoms with van der Waals surface area (Å²) in [5.74, 6) is 1.04. The molecule has 102 valence electrons. The van der Waals surface area contributed by atoms with Crippen molar-refractivity contribution in [1.29, 1.82) is 0 Å². The van der Waals surface area contributed by atoms with E-state index in [1.807, 2.05) is 0 Å². The third-order valence-electron chi connectivity index (χ3n) is 4.17. The van der Waals surface area contributed by atoms with E-state index in [2.05, 4.69) is 76.3 Å². The third kappa shape index (κ3) is 2.31. The standard InChI is InChI=1S/C20H22/c1-13(2)17-11-16-6-5-7-19(20(16)12-17)18-9-14(3)8-15(4)10-18/h5-13,20H,1-4H3. The van der Waals surface area contributed by atoms with Crippen molar-refractivity contribution in [3.63, 3.8) is 0 Å². The maximum Gasteiger partial charge on any atom is 0.0281 e. The van der Waals surface area contributed by atoms with Crippen molar-refractivity contribution in [3.8, 4) is 0 Å². The summed E-state index contributed by atoms with van der Waals surface area (Å²) in [6, 6.07) is 6.84. The Morgan fingerprint density at radius 3 is 2.35 bits per heavy atom. The van der Waals surface area contributed by atoms with Crippen LogP contribution in [0.25, 0.3) is 5.57 Å². The van der Waals surface area contributed by atoms with E-state index in [0.29, 0.717) is 11.8 Å². The van der Waals surface area contributed by atoms with Gasteiger partial charge in [0.2, 0.25) is 0 Å². The molecular formula is C20H22. The fourth-order valence-corrected chi connectivity index (χ4v) is 3.18. The average Bonchev–Trinajstić information content (AvgIpc) is 2.81. The highest BCUT2D eigenvalue weighted by atomic mass is 14.3. The van der Waals surface area contributed by atoms with Gasteiger partial charge in [-0.2, -0.15) is 0 Å². The molecule has 0 nitrogen and oxygen atoms in total. The molecular weight excluding hydrogens is 240 g/mol. The van der Waals surface area contributed by atoms with Gasteiger partial charge in [0.25, 0.3) is 0 Å². The first kappa shape index (κ1) is 13.2. The Morgan fingerprint density at radius 2 is 1.70 bits per heavy atom. The molecule has 0 N–H and O–H groups in total. The quantitative estimate of drug-likeness (QED) is 0.670. The first-order valence-electron chi connectivity index (χ1n) is 7.45. The molecule has 0 spiro atoms. The van der Waals surface area contributed by atoms with E-state index in [0.717, 1.165) is 0 Å². The molecule has 1 atom stereocenters. The highest BCUT2D eigenvalue weighted by Gasteiger charge is 2.24. The van der Waals surface area contributed by atoms with Crippen molar-refractivity contribution in [2.45, 2.75) is 27.7 Å². The van der Waals surface area contributed by atoms with E-state index < -0.39 is 0 Å². The van der Waals surface area contributed by atoms with E-state index in [9.17, 15) is 0 Å². The van der Waals surface area contributed by atoms with Crippen molar-refractivity contribution < 1.29 is 0 Å². The van der Waals surface area contributed by atoms with Gasteiger partial charge in [0, 0.05) is 5.92 Å². The van der Waals surface area contributed by atoms with Crippen LogP contribution in [-0.4, -0.2) is 0 Å². The first-order valence-corrected chi connectivity index (χ1v) is 7.45. The van der Waals surface area contributed by atoms with E-state index in [1.54, 1.807) is 0 Å². The molecule has 0 aromatic heterocycles. The number of rotatable bonds is 2. The predicted octanol–water partition coefficient (Wildman–Crippen LogP) is 5.40. The van der Waals surface area contributed by atoms with Gasteiger partial charge < -0.3 is 0 Å². The molecule has 0 heteroatoms. The van der Waals surface area contributed by atoms with Crippen molar-refractivity contribution in [3.05, 3.63) is 76.4 Å². The van der Waals surface area contributed by atoms with Gasteiger partial charge in [-0.3, -0.25) is 0 Å². The van der Waals surface area contributed by atoms with Gasteiger partial charge in [-0.05, 0) is 42.0 Å². The number of hydrogen-bond donors (Lipinski definition) is 0. The average molecular weight is 262 g/mol. The molecule has 3 rings (SSSR count). The van der Waals surface area contributed by atoms with Gasteiger partial charge in [-0.1, -0.05) is 73.6 Å². The largest absolute Gasteiger partial charge is 0.0691 e. The molecule has 1 unspecified atom stereocenters. The molecule has 2 aliphatic carbocycles. The maximum absolute atomic E-state index is 2.44. The zero-order valence-electron chi connectivity index (χ0n) is 12.8. The highest BCUT2D eigenvalue weighted by Crippen LogP contribution is 2.40. The molecule has 0 heterocycles. The Balaban J connectivity index is 2.05. The summed E-state index contributed by atoms with van der Waals surface area (Å²) in [6.07, 6.45) is 11.5.